The molecule has 0 spiro atoms. The maximum Gasteiger partial charge on any atom is 0.251 e. The maximum absolute atomic E-state index is 12.2. The molecular weight excluding hydrogens is 360 g/mol. The van der Waals surface area contributed by atoms with Gasteiger partial charge in [0.2, 0.25) is 10.0 Å². The van der Waals surface area contributed by atoms with Gasteiger partial charge in [0.05, 0.1) is 4.90 Å². The number of nitrogens with one attached hydrogen (secondary N) is 2. The summed E-state index contributed by atoms with van der Waals surface area (Å²) in [5.74, 6) is -0.129. The smallest absolute Gasteiger partial charge is 0.251 e. The number of carbonyl (C=O) groups excluding carboxylic acids is 1. The van der Waals surface area contributed by atoms with E-state index in [1.807, 2.05) is 42.5 Å². The first kappa shape index (κ1) is 18.8. The fourth-order valence-electron chi connectivity index (χ4n) is 2.51. The van der Waals surface area contributed by atoms with Crippen molar-refractivity contribution >= 4 is 15.9 Å². The number of rotatable bonds is 7. The summed E-state index contributed by atoms with van der Waals surface area (Å²) in [4.78, 5) is 12.3. The van der Waals surface area contributed by atoms with E-state index in [0.717, 1.165) is 11.1 Å². The van der Waals surface area contributed by atoms with E-state index in [2.05, 4.69) is 10.0 Å². The van der Waals surface area contributed by atoms with E-state index < -0.39 is 10.0 Å². The Bertz CT molecular complexity index is 987. The van der Waals surface area contributed by atoms with Gasteiger partial charge in [0, 0.05) is 18.7 Å². The third-order valence-electron chi connectivity index (χ3n) is 4.03. The second-order valence-corrected chi connectivity index (χ2v) is 7.77. The zero-order valence-corrected chi connectivity index (χ0v) is 15.4. The minimum atomic E-state index is -3.53. The number of carbonyl (C=O) groups is 1. The van der Waals surface area contributed by atoms with Crippen molar-refractivity contribution < 1.29 is 13.2 Å². The van der Waals surface area contributed by atoms with Crippen molar-refractivity contribution in [3.63, 3.8) is 0 Å². The highest BCUT2D eigenvalue weighted by Crippen LogP contribution is 2.10. The van der Waals surface area contributed by atoms with Crippen LogP contribution in [-0.2, 0) is 23.1 Å². The van der Waals surface area contributed by atoms with Crippen LogP contribution in [0.5, 0.6) is 0 Å². The van der Waals surface area contributed by atoms with Crippen molar-refractivity contribution in [1.29, 1.82) is 0 Å². The first-order chi connectivity index (χ1) is 13.0. The molecule has 2 N–H and O–H groups in total. The molecule has 0 aliphatic rings. The lowest BCUT2D eigenvalue weighted by atomic mass is 10.1. The van der Waals surface area contributed by atoms with Crippen LogP contribution in [0.3, 0.4) is 0 Å². The molecule has 3 rings (SSSR count). The third kappa shape index (κ3) is 5.26. The van der Waals surface area contributed by atoms with E-state index in [1.54, 1.807) is 42.5 Å². The zero-order valence-electron chi connectivity index (χ0n) is 14.6. The number of hydrogen-bond donors (Lipinski definition) is 2. The quantitative estimate of drug-likeness (QED) is 0.661. The summed E-state index contributed by atoms with van der Waals surface area (Å²) in [5.41, 5.74) is 2.39. The Balaban J connectivity index is 1.54. The van der Waals surface area contributed by atoms with Crippen LogP contribution in [-0.4, -0.2) is 14.3 Å². The molecule has 3 aromatic rings. The summed E-state index contributed by atoms with van der Waals surface area (Å²) in [5, 5.41) is 2.86. The third-order valence-corrected chi connectivity index (χ3v) is 5.45. The normalized spacial score (nSPS) is 11.1. The van der Waals surface area contributed by atoms with E-state index in [1.165, 1.54) is 0 Å². The summed E-state index contributed by atoms with van der Waals surface area (Å²) < 4.78 is 27.0. The molecule has 6 heteroatoms. The van der Waals surface area contributed by atoms with Crippen molar-refractivity contribution in [2.75, 3.05) is 0 Å². The van der Waals surface area contributed by atoms with Gasteiger partial charge in [-0.3, -0.25) is 4.79 Å². The highest BCUT2D eigenvalue weighted by molar-refractivity contribution is 7.89. The van der Waals surface area contributed by atoms with Gasteiger partial charge < -0.3 is 5.32 Å². The number of benzene rings is 3. The van der Waals surface area contributed by atoms with Crippen LogP contribution >= 0.6 is 0 Å². The summed E-state index contributed by atoms with van der Waals surface area (Å²) in [6.07, 6.45) is 0. The molecule has 0 unspecified atom stereocenters. The molecule has 5 nitrogen and oxygen atoms in total. The number of sulfonamides is 1. The fourth-order valence-corrected chi connectivity index (χ4v) is 3.55. The molecule has 0 fully saturated rings. The van der Waals surface area contributed by atoms with Crippen LogP contribution in [0.2, 0.25) is 0 Å². The van der Waals surface area contributed by atoms with Crippen molar-refractivity contribution in [1.82, 2.24) is 10.0 Å². The van der Waals surface area contributed by atoms with E-state index in [-0.39, 0.29) is 17.3 Å². The van der Waals surface area contributed by atoms with Gasteiger partial charge in [0.15, 0.2) is 0 Å². The lowest BCUT2D eigenvalue weighted by Crippen LogP contribution is -2.23. The molecule has 0 aliphatic heterocycles. The summed E-state index contributed by atoms with van der Waals surface area (Å²) in [6.45, 7) is 0.609. The molecule has 1 amide bonds. The predicted octanol–water partition coefficient (Wildman–Crippen LogP) is 3.10. The first-order valence-corrected chi connectivity index (χ1v) is 9.99. The molecule has 0 aliphatic carbocycles. The average molecular weight is 380 g/mol. The molecule has 0 saturated carbocycles. The zero-order chi connectivity index (χ0) is 19.1. The van der Waals surface area contributed by atoms with Gasteiger partial charge in [-0.15, -0.1) is 0 Å². The van der Waals surface area contributed by atoms with E-state index in [4.69, 9.17) is 0 Å². The summed E-state index contributed by atoms with van der Waals surface area (Å²) in [7, 11) is -3.53. The topological polar surface area (TPSA) is 75.3 Å². The predicted molar refractivity (Wildman–Crippen MR) is 105 cm³/mol. The van der Waals surface area contributed by atoms with E-state index in [0.29, 0.717) is 12.1 Å². The van der Waals surface area contributed by atoms with Gasteiger partial charge in [0.1, 0.15) is 0 Å². The molecule has 0 bridgehead atoms. The van der Waals surface area contributed by atoms with Crippen molar-refractivity contribution in [3.8, 4) is 0 Å². The van der Waals surface area contributed by atoms with Gasteiger partial charge in [0.25, 0.3) is 5.91 Å². The Labute approximate surface area is 159 Å². The molecule has 138 valence electrons. The Morgan fingerprint density at radius 1 is 0.704 bits per heavy atom. The Morgan fingerprint density at radius 3 is 1.81 bits per heavy atom. The second kappa shape index (κ2) is 8.62. The van der Waals surface area contributed by atoms with E-state index in [9.17, 15) is 13.2 Å². The van der Waals surface area contributed by atoms with Crippen LogP contribution in [0.25, 0.3) is 0 Å². The van der Waals surface area contributed by atoms with E-state index >= 15 is 0 Å². The average Bonchev–Trinajstić information content (AvgIpc) is 2.72. The van der Waals surface area contributed by atoms with Crippen LogP contribution in [0.1, 0.15) is 21.5 Å². The Hall–Kier alpha value is -2.96. The van der Waals surface area contributed by atoms with Crippen LogP contribution in [0.15, 0.2) is 89.8 Å². The van der Waals surface area contributed by atoms with Crippen LogP contribution < -0.4 is 10.0 Å². The van der Waals surface area contributed by atoms with Crippen molar-refractivity contribution in [2.45, 2.75) is 18.0 Å². The molecule has 0 saturated heterocycles. The summed E-state index contributed by atoms with van der Waals surface area (Å²) >= 11 is 0. The van der Waals surface area contributed by atoms with Crippen molar-refractivity contribution in [3.05, 3.63) is 102 Å². The van der Waals surface area contributed by atoms with Crippen LogP contribution in [0.4, 0.5) is 0 Å². The molecule has 0 aromatic heterocycles. The van der Waals surface area contributed by atoms with Gasteiger partial charge >= 0.3 is 0 Å². The minimum absolute atomic E-state index is 0.129. The first-order valence-electron chi connectivity index (χ1n) is 8.50. The number of amides is 1. The molecule has 3 aromatic carbocycles. The molecule has 0 radical (unpaired) electrons. The molecule has 27 heavy (non-hydrogen) atoms. The van der Waals surface area contributed by atoms with Gasteiger partial charge in [-0.25, -0.2) is 13.1 Å². The fraction of sp³-hybridized carbons (Fsp3) is 0.0952. The Morgan fingerprint density at radius 2 is 1.22 bits per heavy atom. The van der Waals surface area contributed by atoms with Gasteiger partial charge in [-0.05, 0) is 35.4 Å². The maximum atomic E-state index is 12.2. The lowest BCUT2D eigenvalue weighted by molar-refractivity contribution is 0.0951. The van der Waals surface area contributed by atoms with Gasteiger partial charge in [-0.1, -0.05) is 60.7 Å². The molecular formula is C21H20N2O3S. The standard InChI is InChI=1S/C21H20N2O3S/c24-21(19-7-3-1-4-8-19)22-15-17-11-13-18(14-12-17)16-23-27(25,26)20-9-5-2-6-10-20/h1-14,23H,15-16H2,(H,22,24). The summed E-state index contributed by atoms with van der Waals surface area (Å²) in [6, 6.07) is 24.7. The molecule has 0 heterocycles. The second-order valence-electron chi connectivity index (χ2n) is 6.00. The SMILES string of the molecule is O=C(NCc1ccc(CNS(=O)(=O)c2ccccc2)cc1)c1ccccc1. The lowest BCUT2D eigenvalue weighted by Gasteiger charge is -2.08. The Kier molecular flexibility index (Phi) is 6.01. The highest BCUT2D eigenvalue weighted by Gasteiger charge is 2.12. The largest absolute Gasteiger partial charge is 0.348 e. The highest BCUT2D eigenvalue weighted by atomic mass is 32.2. The monoisotopic (exact) mass is 380 g/mol. The number of hydrogen-bond acceptors (Lipinski definition) is 3. The van der Waals surface area contributed by atoms with Gasteiger partial charge in [-0.2, -0.15) is 0 Å². The van der Waals surface area contributed by atoms with Crippen molar-refractivity contribution in [2.24, 2.45) is 0 Å². The minimum Gasteiger partial charge on any atom is -0.348 e. The van der Waals surface area contributed by atoms with Crippen LogP contribution in [0, 0.1) is 0 Å². The molecule has 0 atom stereocenters.